The number of nitrogens with zero attached hydrogens (tertiary/aromatic N) is 1. The van der Waals surface area contributed by atoms with Crippen LogP contribution in [0.3, 0.4) is 0 Å². The van der Waals surface area contributed by atoms with Crippen molar-refractivity contribution >= 4 is 21.6 Å². The minimum atomic E-state index is -3.21. The maximum atomic E-state index is 12.0. The molecule has 0 aliphatic heterocycles. The van der Waals surface area contributed by atoms with Gasteiger partial charge in [-0.15, -0.1) is 11.6 Å². The highest BCUT2D eigenvalue weighted by molar-refractivity contribution is 7.89. The molecular formula is C15H24ClNO3S. The van der Waals surface area contributed by atoms with Gasteiger partial charge in [-0.05, 0) is 49.9 Å². The van der Waals surface area contributed by atoms with Gasteiger partial charge in [-0.2, -0.15) is 0 Å². The fourth-order valence-electron chi connectivity index (χ4n) is 1.98. The van der Waals surface area contributed by atoms with Crippen molar-refractivity contribution in [1.82, 2.24) is 4.31 Å². The van der Waals surface area contributed by atoms with E-state index in [0.717, 1.165) is 16.9 Å². The predicted octanol–water partition coefficient (Wildman–Crippen LogP) is 2.96. The van der Waals surface area contributed by atoms with E-state index >= 15 is 0 Å². The maximum Gasteiger partial charge on any atom is 0.213 e. The largest absolute Gasteiger partial charge is 0.492 e. The molecular weight excluding hydrogens is 310 g/mol. The van der Waals surface area contributed by atoms with Crippen molar-refractivity contribution in [3.8, 4) is 5.75 Å². The van der Waals surface area contributed by atoms with Crippen LogP contribution in [0.1, 0.15) is 24.0 Å². The molecule has 0 amide bonds. The number of unbranched alkanes of at least 4 members (excludes halogenated alkanes) is 1. The van der Waals surface area contributed by atoms with Crippen LogP contribution in [0.5, 0.6) is 5.75 Å². The Hall–Kier alpha value is -0.780. The number of sulfonamides is 1. The summed E-state index contributed by atoms with van der Waals surface area (Å²) in [5.74, 6) is 1.41. The molecule has 1 aromatic carbocycles. The van der Waals surface area contributed by atoms with Crippen LogP contribution in [-0.2, 0) is 10.0 Å². The Labute approximate surface area is 133 Å². The van der Waals surface area contributed by atoms with Gasteiger partial charge in [0.15, 0.2) is 0 Å². The molecule has 0 aromatic heterocycles. The van der Waals surface area contributed by atoms with Gasteiger partial charge >= 0.3 is 0 Å². The SMILES string of the molecule is Cc1cc(C)cc(OCCN(C)S(=O)(=O)CCCCCl)c1. The first-order valence-corrected chi connectivity index (χ1v) is 9.20. The Kier molecular flexibility index (Phi) is 7.49. The zero-order chi connectivity index (χ0) is 15.9. The summed E-state index contributed by atoms with van der Waals surface area (Å²) in [5, 5.41) is 0. The number of aryl methyl sites for hydroxylation is 2. The predicted molar refractivity (Wildman–Crippen MR) is 87.8 cm³/mol. The Morgan fingerprint density at radius 1 is 1.14 bits per heavy atom. The molecule has 0 spiro atoms. The molecule has 1 aromatic rings. The lowest BCUT2D eigenvalue weighted by atomic mass is 10.1. The van der Waals surface area contributed by atoms with Crippen molar-refractivity contribution in [2.75, 3.05) is 31.8 Å². The lowest BCUT2D eigenvalue weighted by molar-refractivity contribution is 0.286. The summed E-state index contributed by atoms with van der Waals surface area (Å²) in [6.07, 6.45) is 1.31. The summed E-state index contributed by atoms with van der Waals surface area (Å²) < 4.78 is 30.9. The zero-order valence-electron chi connectivity index (χ0n) is 12.9. The van der Waals surface area contributed by atoms with Gasteiger partial charge in [0.2, 0.25) is 10.0 Å². The average Bonchev–Trinajstić information content (AvgIpc) is 2.37. The number of benzene rings is 1. The van der Waals surface area contributed by atoms with Crippen LogP contribution in [0.2, 0.25) is 0 Å². The molecule has 21 heavy (non-hydrogen) atoms. The molecule has 0 N–H and O–H groups in total. The van der Waals surface area contributed by atoms with Crippen LogP contribution in [-0.4, -0.2) is 44.6 Å². The molecule has 0 heterocycles. The number of hydrogen-bond acceptors (Lipinski definition) is 3. The van der Waals surface area contributed by atoms with Crippen LogP contribution in [0, 0.1) is 13.8 Å². The third-order valence-corrected chi connectivity index (χ3v) is 5.34. The van der Waals surface area contributed by atoms with E-state index in [2.05, 4.69) is 6.07 Å². The fraction of sp³-hybridized carbons (Fsp3) is 0.600. The first kappa shape index (κ1) is 18.3. The van der Waals surface area contributed by atoms with Gasteiger partial charge in [0.05, 0.1) is 5.75 Å². The Morgan fingerprint density at radius 3 is 2.33 bits per heavy atom. The maximum absolute atomic E-state index is 12.0. The minimum absolute atomic E-state index is 0.139. The van der Waals surface area contributed by atoms with E-state index in [1.165, 1.54) is 4.31 Å². The van der Waals surface area contributed by atoms with Gasteiger partial charge in [-0.25, -0.2) is 12.7 Å². The van der Waals surface area contributed by atoms with Crippen LogP contribution < -0.4 is 4.74 Å². The first-order valence-electron chi connectivity index (χ1n) is 7.06. The first-order chi connectivity index (χ1) is 9.85. The van der Waals surface area contributed by atoms with Gasteiger partial charge in [0.25, 0.3) is 0 Å². The van der Waals surface area contributed by atoms with E-state index in [1.807, 2.05) is 26.0 Å². The molecule has 0 saturated heterocycles. The topological polar surface area (TPSA) is 46.6 Å². The van der Waals surface area contributed by atoms with Crippen LogP contribution in [0.4, 0.5) is 0 Å². The second-order valence-electron chi connectivity index (χ2n) is 5.21. The normalized spacial score (nSPS) is 11.9. The lowest BCUT2D eigenvalue weighted by Crippen LogP contribution is -2.32. The highest BCUT2D eigenvalue weighted by Crippen LogP contribution is 2.16. The smallest absolute Gasteiger partial charge is 0.213 e. The third kappa shape index (κ3) is 6.68. The highest BCUT2D eigenvalue weighted by Gasteiger charge is 2.16. The molecule has 0 radical (unpaired) electrons. The summed E-state index contributed by atoms with van der Waals surface area (Å²) in [5.41, 5.74) is 2.26. The number of rotatable bonds is 9. The van der Waals surface area contributed by atoms with Crippen LogP contribution in [0.15, 0.2) is 18.2 Å². The van der Waals surface area contributed by atoms with E-state index in [-0.39, 0.29) is 5.75 Å². The molecule has 120 valence electrons. The molecule has 0 atom stereocenters. The van der Waals surface area contributed by atoms with E-state index < -0.39 is 10.0 Å². The molecule has 6 heteroatoms. The van der Waals surface area contributed by atoms with E-state index in [1.54, 1.807) is 7.05 Å². The van der Waals surface area contributed by atoms with E-state index in [4.69, 9.17) is 16.3 Å². The Bertz CT molecular complexity index is 526. The van der Waals surface area contributed by atoms with Gasteiger partial charge in [0, 0.05) is 19.5 Å². The molecule has 0 saturated carbocycles. The molecule has 0 bridgehead atoms. The molecule has 1 rings (SSSR count). The summed E-state index contributed by atoms with van der Waals surface area (Å²) >= 11 is 5.56. The highest BCUT2D eigenvalue weighted by atomic mass is 35.5. The molecule has 0 unspecified atom stereocenters. The number of likely N-dealkylation sites (N-methyl/N-ethyl adjacent to an activating group) is 1. The van der Waals surface area contributed by atoms with Crippen LogP contribution in [0.25, 0.3) is 0 Å². The Morgan fingerprint density at radius 2 is 1.76 bits per heavy atom. The standard InChI is InChI=1S/C15H24ClNO3S/c1-13-10-14(2)12-15(11-13)20-8-7-17(3)21(18,19)9-5-4-6-16/h10-12H,4-9H2,1-3H3. The van der Waals surface area contributed by atoms with Gasteiger partial charge in [-0.1, -0.05) is 6.07 Å². The quantitative estimate of drug-likeness (QED) is 0.515. The number of halogens is 1. The molecule has 4 nitrogen and oxygen atoms in total. The van der Waals surface area contributed by atoms with Crippen molar-refractivity contribution in [3.05, 3.63) is 29.3 Å². The van der Waals surface area contributed by atoms with Gasteiger partial charge < -0.3 is 4.74 Å². The monoisotopic (exact) mass is 333 g/mol. The van der Waals surface area contributed by atoms with Gasteiger partial charge in [0.1, 0.15) is 12.4 Å². The second-order valence-corrected chi connectivity index (χ2v) is 7.78. The fourth-order valence-corrected chi connectivity index (χ4v) is 3.40. The van der Waals surface area contributed by atoms with E-state index in [0.29, 0.717) is 31.9 Å². The van der Waals surface area contributed by atoms with Crippen molar-refractivity contribution in [2.45, 2.75) is 26.7 Å². The summed E-state index contributed by atoms with van der Waals surface area (Å²) in [7, 11) is -1.62. The average molecular weight is 334 g/mol. The van der Waals surface area contributed by atoms with Crippen LogP contribution >= 0.6 is 11.6 Å². The van der Waals surface area contributed by atoms with Crippen molar-refractivity contribution in [2.24, 2.45) is 0 Å². The number of hydrogen-bond donors (Lipinski definition) is 0. The molecule has 0 aliphatic carbocycles. The Balaban J connectivity index is 2.43. The molecule has 0 fully saturated rings. The van der Waals surface area contributed by atoms with Crippen molar-refractivity contribution < 1.29 is 13.2 Å². The lowest BCUT2D eigenvalue weighted by Gasteiger charge is -2.17. The number of alkyl halides is 1. The summed E-state index contributed by atoms with van der Waals surface area (Å²) in [6.45, 7) is 4.70. The van der Waals surface area contributed by atoms with E-state index in [9.17, 15) is 8.42 Å². The number of ether oxygens (including phenoxy) is 1. The molecule has 0 aliphatic rings. The summed E-state index contributed by atoms with van der Waals surface area (Å²) in [4.78, 5) is 0. The zero-order valence-corrected chi connectivity index (χ0v) is 14.5. The minimum Gasteiger partial charge on any atom is -0.492 e. The summed E-state index contributed by atoms with van der Waals surface area (Å²) in [6, 6.07) is 5.96. The van der Waals surface area contributed by atoms with Gasteiger partial charge in [-0.3, -0.25) is 0 Å². The third-order valence-electron chi connectivity index (χ3n) is 3.13. The second kappa shape index (κ2) is 8.61. The van der Waals surface area contributed by atoms with Crippen molar-refractivity contribution in [3.63, 3.8) is 0 Å². The van der Waals surface area contributed by atoms with Crippen molar-refractivity contribution in [1.29, 1.82) is 0 Å².